The first-order valence-electron chi connectivity index (χ1n) is 8.76. The molecule has 0 aliphatic rings. The van der Waals surface area contributed by atoms with Gasteiger partial charge in [-0.3, -0.25) is 4.79 Å². The molecule has 0 radical (unpaired) electrons. The van der Waals surface area contributed by atoms with Gasteiger partial charge in [0.2, 0.25) is 5.78 Å². The van der Waals surface area contributed by atoms with Crippen molar-refractivity contribution in [2.45, 2.75) is 37.7 Å². The molecule has 0 saturated heterocycles. The fraction of sp³-hybridized carbons (Fsp3) is 0.238. The zero-order valence-corrected chi connectivity index (χ0v) is 16.7. The highest BCUT2D eigenvalue weighted by atomic mass is 32.2. The van der Waals surface area contributed by atoms with Gasteiger partial charge in [-0.2, -0.15) is 0 Å². The van der Waals surface area contributed by atoms with Gasteiger partial charge in [0, 0.05) is 23.6 Å². The minimum atomic E-state index is -0.897. The van der Waals surface area contributed by atoms with Crippen molar-refractivity contribution < 1.29 is 18.8 Å². The first-order valence-corrected chi connectivity index (χ1v) is 9.74. The van der Waals surface area contributed by atoms with Crippen LogP contribution < -0.4 is 0 Å². The van der Waals surface area contributed by atoms with Crippen LogP contribution in [0.25, 0.3) is 0 Å². The van der Waals surface area contributed by atoms with Gasteiger partial charge in [-0.05, 0) is 32.9 Å². The monoisotopic (exact) mass is 396 g/mol. The third-order valence-corrected chi connectivity index (χ3v) is 5.05. The van der Waals surface area contributed by atoms with E-state index >= 15 is 0 Å². The number of ether oxygens (including phenoxy) is 1. The summed E-state index contributed by atoms with van der Waals surface area (Å²) in [6, 6.07) is 12.3. The summed E-state index contributed by atoms with van der Waals surface area (Å²) in [5, 5.41) is 4.45. The van der Waals surface area contributed by atoms with Crippen molar-refractivity contribution in [3.63, 3.8) is 0 Å². The van der Waals surface area contributed by atoms with Gasteiger partial charge in [0.1, 0.15) is 10.8 Å². The van der Waals surface area contributed by atoms with Gasteiger partial charge in [-0.1, -0.05) is 46.7 Å². The second-order valence-corrected chi connectivity index (χ2v) is 7.32. The molecule has 1 aromatic carbocycles. The Morgan fingerprint density at radius 1 is 1.18 bits per heavy atom. The number of hydrogen-bond donors (Lipinski definition) is 0. The molecule has 28 heavy (non-hydrogen) atoms. The molecule has 0 fully saturated rings. The summed E-state index contributed by atoms with van der Waals surface area (Å²) >= 11 is 1.36. The van der Waals surface area contributed by atoms with Crippen LogP contribution in [0.1, 0.15) is 44.7 Å². The summed E-state index contributed by atoms with van der Waals surface area (Å²) in [5.74, 6) is 0.399. The molecule has 0 spiro atoms. The summed E-state index contributed by atoms with van der Waals surface area (Å²) in [5.41, 5.74) is 2.64. The Hall–Kier alpha value is -2.93. The number of benzene rings is 1. The zero-order valence-electron chi connectivity index (χ0n) is 15.8. The Bertz CT molecular complexity index is 982. The number of aryl methyl sites for hydroxylation is 2. The molecule has 6 nitrogen and oxygen atoms in total. The highest BCUT2D eigenvalue weighted by Gasteiger charge is 2.22. The smallest absolute Gasteiger partial charge is 0.341 e. The molecule has 3 aromatic rings. The summed E-state index contributed by atoms with van der Waals surface area (Å²) in [6.07, 6.45) is 0.708. The van der Waals surface area contributed by atoms with E-state index in [0.29, 0.717) is 21.9 Å². The van der Waals surface area contributed by atoms with Gasteiger partial charge in [-0.15, -0.1) is 0 Å². The van der Waals surface area contributed by atoms with E-state index in [4.69, 9.17) is 9.26 Å². The SMILES string of the molecule is Cc1ccc(C(=O)[C@H](C)OC(=O)c2cccnc2SCc2cc(C)on2)cc1. The van der Waals surface area contributed by atoms with E-state index < -0.39 is 12.1 Å². The molecule has 144 valence electrons. The van der Waals surface area contributed by atoms with E-state index in [2.05, 4.69) is 10.1 Å². The zero-order chi connectivity index (χ0) is 20.1. The molecule has 0 amide bonds. The van der Waals surface area contributed by atoms with Crippen molar-refractivity contribution >= 4 is 23.5 Å². The Labute approximate surface area is 167 Å². The van der Waals surface area contributed by atoms with Gasteiger partial charge in [-0.25, -0.2) is 9.78 Å². The first-order chi connectivity index (χ1) is 13.4. The minimum Gasteiger partial charge on any atom is -0.451 e. The molecule has 7 heteroatoms. The molecule has 0 unspecified atom stereocenters. The predicted molar refractivity (Wildman–Crippen MR) is 105 cm³/mol. The van der Waals surface area contributed by atoms with Crippen LogP contribution in [-0.2, 0) is 10.5 Å². The number of nitrogens with zero attached hydrogens (tertiary/aromatic N) is 2. The third-order valence-electron chi connectivity index (χ3n) is 4.01. The maximum absolute atomic E-state index is 12.6. The van der Waals surface area contributed by atoms with Gasteiger partial charge in [0.15, 0.2) is 6.10 Å². The number of aromatic nitrogens is 2. The Morgan fingerprint density at radius 2 is 1.93 bits per heavy atom. The van der Waals surface area contributed by atoms with Gasteiger partial charge in [0.05, 0.1) is 11.3 Å². The number of thioether (sulfide) groups is 1. The number of ketones is 1. The van der Waals surface area contributed by atoms with Crippen LogP contribution in [0.5, 0.6) is 0 Å². The number of Topliss-reactive ketones (excluding diaryl/α,β-unsaturated/α-hetero) is 1. The van der Waals surface area contributed by atoms with E-state index in [1.807, 2.05) is 32.0 Å². The number of hydrogen-bond acceptors (Lipinski definition) is 7. The van der Waals surface area contributed by atoms with Crippen LogP contribution in [0.2, 0.25) is 0 Å². The normalized spacial score (nSPS) is 11.8. The lowest BCUT2D eigenvalue weighted by Gasteiger charge is -2.13. The molecule has 3 rings (SSSR count). The van der Waals surface area contributed by atoms with Crippen LogP contribution in [-0.4, -0.2) is 28.0 Å². The van der Waals surface area contributed by atoms with Crippen molar-refractivity contribution in [3.05, 3.63) is 76.8 Å². The molecule has 2 aromatic heterocycles. The molecule has 0 aliphatic heterocycles. The second kappa shape index (κ2) is 8.84. The summed E-state index contributed by atoms with van der Waals surface area (Å²) in [4.78, 5) is 29.4. The lowest BCUT2D eigenvalue weighted by molar-refractivity contribution is 0.0314. The number of carbonyl (C=O) groups excluding carboxylic acids is 2. The van der Waals surface area contributed by atoms with E-state index in [0.717, 1.165) is 17.0 Å². The summed E-state index contributed by atoms with van der Waals surface area (Å²) in [6.45, 7) is 5.33. The maximum Gasteiger partial charge on any atom is 0.341 e. The fourth-order valence-corrected chi connectivity index (χ4v) is 3.38. The van der Waals surface area contributed by atoms with Crippen molar-refractivity contribution in [2.75, 3.05) is 0 Å². The molecular weight excluding hydrogens is 376 g/mol. The predicted octanol–water partition coefficient (Wildman–Crippen LogP) is 4.41. The van der Waals surface area contributed by atoms with Crippen LogP contribution in [0, 0.1) is 13.8 Å². The number of pyridine rings is 1. The average Bonchev–Trinajstić information content (AvgIpc) is 3.11. The number of carbonyl (C=O) groups is 2. The highest BCUT2D eigenvalue weighted by Crippen LogP contribution is 2.25. The molecule has 0 aliphatic carbocycles. The lowest BCUT2D eigenvalue weighted by Crippen LogP contribution is -2.24. The van der Waals surface area contributed by atoms with Crippen molar-refractivity contribution in [2.24, 2.45) is 0 Å². The summed E-state index contributed by atoms with van der Waals surface area (Å²) in [7, 11) is 0. The van der Waals surface area contributed by atoms with Gasteiger partial charge in [0.25, 0.3) is 0 Å². The topological polar surface area (TPSA) is 82.3 Å². The molecular formula is C21H20N2O4S. The number of rotatable bonds is 7. The van der Waals surface area contributed by atoms with E-state index in [-0.39, 0.29) is 5.78 Å². The van der Waals surface area contributed by atoms with Crippen molar-refractivity contribution in [1.82, 2.24) is 10.1 Å². The number of esters is 1. The molecule has 0 bridgehead atoms. The van der Waals surface area contributed by atoms with E-state index in [1.54, 1.807) is 37.4 Å². The van der Waals surface area contributed by atoms with Crippen LogP contribution in [0.15, 0.2) is 58.2 Å². The average molecular weight is 396 g/mol. The molecule has 0 N–H and O–H groups in total. The largest absolute Gasteiger partial charge is 0.451 e. The third kappa shape index (κ3) is 4.86. The quantitative estimate of drug-likeness (QED) is 0.332. The van der Waals surface area contributed by atoms with Gasteiger partial charge < -0.3 is 9.26 Å². The van der Waals surface area contributed by atoms with Crippen LogP contribution in [0.4, 0.5) is 0 Å². The Morgan fingerprint density at radius 3 is 2.61 bits per heavy atom. The van der Waals surface area contributed by atoms with E-state index in [1.165, 1.54) is 11.8 Å². The van der Waals surface area contributed by atoms with Crippen molar-refractivity contribution in [3.8, 4) is 0 Å². The van der Waals surface area contributed by atoms with Crippen LogP contribution >= 0.6 is 11.8 Å². The molecule has 2 heterocycles. The lowest BCUT2D eigenvalue weighted by atomic mass is 10.1. The second-order valence-electron chi connectivity index (χ2n) is 6.35. The summed E-state index contributed by atoms with van der Waals surface area (Å²) < 4.78 is 10.4. The van der Waals surface area contributed by atoms with Crippen molar-refractivity contribution in [1.29, 1.82) is 0 Å². The first kappa shape index (κ1) is 19.8. The molecule has 0 saturated carbocycles. The van der Waals surface area contributed by atoms with E-state index in [9.17, 15) is 9.59 Å². The standard InChI is InChI=1S/C21H20N2O4S/c1-13-6-8-16(9-7-13)19(24)15(3)26-21(25)18-5-4-10-22-20(18)28-12-17-11-14(2)27-23-17/h4-11,15H,12H2,1-3H3/t15-/m0/s1. The highest BCUT2D eigenvalue weighted by molar-refractivity contribution is 7.98. The fourth-order valence-electron chi connectivity index (χ4n) is 2.52. The molecule has 1 atom stereocenters. The maximum atomic E-state index is 12.6. The van der Waals surface area contributed by atoms with Gasteiger partial charge >= 0.3 is 5.97 Å². The Balaban J connectivity index is 1.68. The van der Waals surface area contributed by atoms with Crippen LogP contribution in [0.3, 0.4) is 0 Å². The minimum absolute atomic E-state index is 0.246. The Kier molecular flexibility index (Phi) is 6.26.